The minimum absolute atomic E-state index is 0.138. The molecule has 0 amide bonds. The summed E-state index contributed by atoms with van der Waals surface area (Å²) in [5, 5.41) is 12.5. The molecular formula is C16H27NO2. The Morgan fingerprint density at radius 2 is 1.89 bits per heavy atom. The first kappa shape index (κ1) is 16.0. The molecule has 0 fully saturated rings. The molecule has 1 aromatic rings. The van der Waals surface area contributed by atoms with Crippen molar-refractivity contribution in [1.82, 2.24) is 5.32 Å². The molecule has 1 unspecified atom stereocenters. The van der Waals surface area contributed by atoms with E-state index in [1.54, 1.807) is 0 Å². The van der Waals surface area contributed by atoms with Gasteiger partial charge in [0.1, 0.15) is 5.75 Å². The molecule has 3 nitrogen and oxygen atoms in total. The summed E-state index contributed by atoms with van der Waals surface area (Å²) in [4.78, 5) is 0. The summed E-state index contributed by atoms with van der Waals surface area (Å²) in [7, 11) is 0. The van der Waals surface area contributed by atoms with Crippen LogP contribution in [0.1, 0.15) is 38.7 Å². The van der Waals surface area contributed by atoms with Crippen LogP contribution in [-0.2, 0) is 6.42 Å². The van der Waals surface area contributed by atoms with Crippen molar-refractivity contribution in [3.63, 3.8) is 0 Å². The number of nitrogens with one attached hydrogen (secondary N) is 1. The summed E-state index contributed by atoms with van der Waals surface area (Å²) in [5.74, 6) is 0.909. The van der Waals surface area contributed by atoms with E-state index in [1.165, 1.54) is 12.0 Å². The Morgan fingerprint density at radius 1 is 1.16 bits per heavy atom. The second kappa shape index (κ2) is 9.82. The lowest BCUT2D eigenvalue weighted by molar-refractivity contribution is 0.209. The van der Waals surface area contributed by atoms with E-state index >= 15 is 0 Å². The fourth-order valence-electron chi connectivity index (χ4n) is 1.97. The predicted molar refractivity (Wildman–Crippen MR) is 79.7 cm³/mol. The third kappa shape index (κ3) is 6.60. The molecular weight excluding hydrogens is 238 g/mol. The molecule has 0 aliphatic rings. The topological polar surface area (TPSA) is 41.5 Å². The van der Waals surface area contributed by atoms with E-state index in [2.05, 4.69) is 31.3 Å². The van der Waals surface area contributed by atoms with Crippen molar-refractivity contribution >= 4 is 0 Å². The van der Waals surface area contributed by atoms with Crippen molar-refractivity contribution < 1.29 is 9.84 Å². The van der Waals surface area contributed by atoms with E-state index in [4.69, 9.17) is 4.74 Å². The lowest BCUT2D eigenvalue weighted by Gasteiger charge is -2.16. The van der Waals surface area contributed by atoms with Crippen LogP contribution in [0.15, 0.2) is 24.3 Å². The van der Waals surface area contributed by atoms with Gasteiger partial charge in [-0.3, -0.25) is 0 Å². The van der Waals surface area contributed by atoms with Crippen LogP contribution in [0, 0.1) is 0 Å². The molecule has 19 heavy (non-hydrogen) atoms. The fraction of sp³-hybridized carbons (Fsp3) is 0.625. The van der Waals surface area contributed by atoms with E-state index in [0.29, 0.717) is 6.61 Å². The second-order valence-corrected chi connectivity index (χ2v) is 4.86. The largest absolute Gasteiger partial charge is 0.494 e. The molecule has 0 spiro atoms. The smallest absolute Gasteiger partial charge is 0.119 e. The van der Waals surface area contributed by atoms with Gasteiger partial charge in [0.25, 0.3) is 0 Å². The van der Waals surface area contributed by atoms with E-state index in [1.807, 2.05) is 12.1 Å². The molecule has 0 aromatic heterocycles. The molecule has 3 heteroatoms. The zero-order valence-electron chi connectivity index (χ0n) is 12.2. The highest BCUT2D eigenvalue weighted by atomic mass is 16.5. The van der Waals surface area contributed by atoms with E-state index in [0.717, 1.165) is 31.6 Å². The van der Waals surface area contributed by atoms with Crippen LogP contribution in [0.3, 0.4) is 0 Å². The number of ether oxygens (including phenoxy) is 1. The lowest BCUT2D eigenvalue weighted by atomic mass is 10.1. The first-order valence-corrected chi connectivity index (χ1v) is 7.36. The molecule has 0 saturated heterocycles. The van der Waals surface area contributed by atoms with Gasteiger partial charge in [0.05, 0.1) is 13.2 Å². The van der Waals surface area contributed by atoms with Gasteiger partial charge in [-0.1, -0.05) is 32.4 Å². The van der Waals surface area contributed by atoms with Crippen LogP contribution in [0.5, 0.6) is 5.75 Å². The SMILES string of the molecule is CCCNC(CO)CCOc1ccc(CCC)cc1. The quantitative estimate of drug-likeness (QED) is 0.683. The Balaban J connectivity index is 2.27. The molecule has 1 rings (SSSR count). The summed E-state index contributed by atoms with van der Waals surface area (Å²) in [6.45, 7) is 6.04. The first-order chi connectivity index (χ1) is 9.30. The number of aryl methyl sites for hydroxylation is 1. The van der Waals surface area contributed by atoms with Crippen LogP contribution < -0.4 is 10.1 Å². The number of aliphatic hydroxyl groups is 1. The van der Waals surface area contributed by atoms with Gasteiger partial charge in [-0.05, 0) is 43.5 Å². The highest BCUT2D eigenvalue weighted by molar-refractivity contribution is 5.27. The van der Waals surface area contributed by atoms with E-state index < -0.39 is 0 Å². The molecule has 108 valence electrons. The van der Waals surface area contributed by atoms with Crippen LogP contribution in [-0.4, -0.2) is 30.9 Å². The standard InChI is InChI=1S/C16H27NO2/c1-3-5-14-6-8-16(9-7-14)19-12-10-15(13-18)17-11-4-2/h6-9,15,17-18H,3-5,10-13H2,1-2H3. The average molecular weight is 265 g/mol. The Kier molecular flexibility index (Phi) is 8.26. The van der Waals surface area contributed by atoms with Gasteiger partial charge in [0, 0.05) is 6.04 Å². The van der Waals surface area contributed by atoms with Crippen LogP contribution in [0.2, 0.25) is 0 Å². The Bertz CT molecular complexity index is 324. The molecule has 0 saturated carbocycles. The second-order valence-electron chi connectivity index (χ2n) is 4.86. The molecule has 2 N–H and O–H groups in total. The number of aliphatic hydroxyl groups excluding tert-OH is 1. The minimum Gasteiger partial charge on any atom is -0.494 e. The molecule has 0 aliphatic carbocycles. The maximum atomic E-state index is 9.23. The zero-order valence-corrected chi connectivity index (χ0v) is 12.2. The van der Waals surface area contributed by atoms with Crippen molar-refractivity contribution in [3.05, 3.63) is 29.8 Å². The summed E-state index contributed by atoms with van der Waals surface area (Å²) in [6.07, 6.45) is 4.19. The Labute approximate surface area is 117 Å². The molecule has 1 aromatic carbocycles. The predicted octanol–water partition coefficient (Wildman–Crippen LogP) is 2.77. The lowest BCUT2D eigenvalue weighted by Crippen LogP contribution is -2.34. The minimum atomic E-state index is 0.138. The normalized spacial score (nSPS) is 12.4. The van der Waals surface area contributed by atoms with Crippen molar-refractivity contribution in [2.45, 2.75) is 45.6 Å². The molecule has 0 radical (unpaired) electrons. The molecule has 0 aliphatic heterocycles. The van der Waals surface area contributed by atoms with Gasteiger partial charge in [-0.15, -0.1) is 0 Å². The van der Waals surface area contributed by atoms with Gasteiger partial charge < -0.3 is 15.2 Å². The van der Waals surface area contributed by atoms with Crippen LogP contribution in [0.25, 0.3) is 0 Å². The summed E-state index contributed by atoms with van der Waals surface area (Å²) in [6, 6.07) is 8.44. The van der Waals surface area contributed by atoms with Crippen LogP contribution >= 0.6 is 0 Å². The zero-order chi connectivity index (χ0) is 13.9. The maximum Gasteiger partial charge on any atom is 0.119 e. The fourth-order valence-corrected chi connectivity index (χ4v) is 1.97. The highest BCUT2D eigenvalue weighted by Gasteiger charge is 2.06. The van der Waals surface area contributed by atoms with Gasteiger partial charge in [-0.2, -0.15) is 0 Å². The van der Waals surface area contributed by atoms with Crippen molar-refractivity contribution in [2.75, 3.05) is 19.8 Å². The Morgan fingerprint density at radius 3 is 2.47 bits per heavy atom. The monoisotopic (exact) mass is 265 g/mol. The molecule has 1 atom stereocenters. The third-order valence-corrected chi connectivity index (χ3v) is 3.10. The third-order valence-electron chi connectivity index (χ3n) is 3.10. The summed E-state index contributed by atoms with van der Waals surface area (Å²) < 4.78 is 5.70. The Hall–Kier alpha value is -1.06. The number of hydrogen-bond acceptors (Lipinski definition) is 3. The number of hydrogen-bond donors (Lipinski definition) is 2. The van der Waals surface area contributed by atoms with Crippen molar-refractivity contribution in [2.24, 2.45) is 0 Å². The van der Waals surface area contributed by atoms with Crippen LogP contribution in [0.4, 0.5) is 0 Å². The van der Waals surface area contributed by atoms with Gasteiger partial charge in [-0.25, -0.2) is 0 Å². The molecule has 0 bridgehead atoms. The summed E-state index contributed by atoms with van der Waals surface area (Å²) in [5.41, 5.74) is 1.35. The highest BCUT2D eigenvalue weighted by Crippen LogP contribution is 2.13. The molecule has 0 heterocycles. The van der Waals surface area contributed by atoms with Gasteiger partial charge in [0.2, 0.25) is 0 Å². The average Bonchev–Trinajstić information content (AvgIpc) is 2.44. The van der Waals surface area contributed by atoms with E-state index in [9.17, 15) is 5.11 Å². The number of rotatable bonds is 10. The first-order valence-electron chi connectivity index (χ1n) is 7.36. The van der Waals surface area contributed by atoms with Crippen molar-refractivity contribution in [1.29, 1.82) is 0 Å². The van der Waals surface area contributed by atoms with Gasteiger partial charge in [0.15, 0.2) is 0 Å². The number of benzene rings is 1. The van der Waals surface area contributed by atoms with Gasteiger partial charge >= 0.3 is 0 Å². The maximum absolute atomic E-state index is 9.23. The summed E-state index contributed by atoms with van der Waals surface area (Å²) >= 11 is 0. The van der Waals surface area contributed by atoms with Crippen molar-refractivity contribution in [3.8, 4) is 5.75 Å². The van der Waals surface area contributed by atoms with E-state index in [-0.39, 0.29) is 12.6 Å².